The number of thiophene rings is 1. The van der Waals surface area contributed by atoms with Gasteiger partial charge >= 0.3 is 0 Å². The van der Waals surface area contributed by atoms with Crippen molar-refractivity contribution in [2.75, 3.05) is 26.3 Å². The minimum atomic E-state index is -3.47. The molecule has 9 heteroatoms. The molecule has 0 bridgehead atoms. The molecule has 1 saturated heterocycles. The third-order valence-corrected chi connectivity index (χ3v) is 7.61. The molecule has 1 aliphatic heterocycles. The van der Waals surface area contributed by atoms with E-state index in [4.69, 9.17) is 9.26 Å². The first-order valence-corrected chi connectivity index (χ1v) is 9.97. The van der Waals surface area contributed by atoms with Gasteiger partial charge in [-0.15, -0.1) is 11.3 Å². The average Bonchev–Trinajstić information content (AvgIpc) is 3.15. The minimum Gasteiger partial charge on any atom is -0.379 e. The van der Waals surface area contributed by atoms with Crippen LogP contribution in [-0.4, -0.2) is 49.2 Å². The van der Waals surface area contributed by atoms with E-state index in [1.165, 1.54) is 22.1 Å². The highest BCUT2D eigenvalue weighted by molar-refractivity contribution is 7.91. The smallest absolute Gasteiger partial charge is 0.252 e. The van der Waals surface area contributed by atoms with E-state index in [0.29, 0.717) is 53.7 Å². The van der Waals surface area contributed by atoms with Crippen LogP contribution in [0.5, 0.6) is 0 Å². The normalized spacial score (nSPS) is 20.5. The van der Waals surface area contributed by atoms with E-state index in [1.807, 2.05) is 0 Å². The number of aromatic nitrogens is 2. The van der Waals surface area contributed by atoms with Gasteiger partial charge in [-0.05, 0) is 18.9 Å². The zero-order valence-electron chi connectivity index (χ0n) is 12.5. The molecule has 23 heavy (non-hydrogen) atoms. The Hall–Kier alpha value is -1.29. The molecule has 3 heterocycles. The monoisotopic (exact) mass is 355 g/mol. The summed E-state index contributed by atoms with van der Waals surface area (Å²) in [6, 6.07) is 1.63. The number of ether oxygens (including phenoxy) is 1. The van der Waals surface area contributed by atoms with Crippen molar-refractivity contribution in [2.45, 2.75) is 29.4 Å². The number of rotatable bonds is 4. The summed E-state index contributed by atoms with van der Waals surface area (Å²) in [7, 11) is -3.47. The zero-order chi connectivity index (χ0) is 15.9. The van der Waals surface area contributed by atoms with Crippen LogP contribution in [0.2, 0.25) is 0 Å². The highest BCUT2D eigenvalue weighted by Crippen LogP contribution is 2.36. The third-order valence-electron chi connectivity index (χ3n) is 4.29. The number of hydrogen-bond donors (Lipinski definition) is 0. The summed E-state index contributed by atoms with van der Waals surface area (Å²) in [4.78, 5) is 4.41. The molecule has 0 atom stereocenters. The third kappa shape index (κ3) is 2.82. The van der Waals surface area contributed by atoms with Crippen molar-refractivity contribution in [1.29, 1.82) is 0 Å². The highest BCUT2D eigenvalue weighted by Gasteiger charge is 2.29. The van der Waals surface area contributed by atoms with Crippen LogP contribution < -0.4 is 0 Å². The molecule has 2 fully saturated rings. The van der Waals surface area contributed by atoms with Gasteiger partial charge in [0, 0.05) is 30.0 Å². The fourth-order valence-electron chi connectivity index (χ4n) is 2.66. The van der Waals surface area contributed by atoms with Gasteiger partial charge in [-0.25, -0.2) is 8.42 Å². The van der Waals surface area contributed by atoms with Crippen LogP contribution in [0, 0.1) is 0 Å². The molecule has 0 spiro atoms. The van der Waals surface area contributed by atoms with Crippen molar-refractivity contribution in [2.24, 2.45) is 0 Å². The van der Waals surface area contributed by atoms with E-state index in [9.17, 15) is 8.42 Å². The van der Waals surface area contributed by atoms with Crippen LogP contribution in [0.25, 0.3) is 11.4 Å². The Morgan fingerprint density at radius 3 is 2.74 bits per heavy atom. The number of nitrogens with zero attached hydrogens (tertiary/aromatic N) is 3. The summed E-state index contributed by atoms with van der Waals surface area (Å²) in [5, 5.41) is 5.76. The molecule has 0 aromatic carbocycles. The van der Waals surface area contributed by atoms with Crippen molar-refractivity contribution >= 4 is 21.4 Å². The predicted octanol–water partition coefficient (Wildman–Crippen LogP) is 2.09. The summed E-state index contributed by atoms with van der Waals surface area (Å²) >= 11 is 1.19. The maximum absolute atomic E-state index is 12.6. The van der Waals surface area contributed by atoms with Crippen LogP contribution in [0.4, 0.5) is 0 Å². The molecule has 2 aromatic heterocycles. The Morgan fingerprint density at radius 2 is 2.04 bits per heavy atom. The predicted molar refractivity (Wildman–Crippen MR) is 83.8 cm³/mol. The molecule has 4 rings (SSSR count). The molecular weight excluding hydrogens is 338 g/mol. The summed E-state index contributed by atoms with van der Waals surface area (Å²) in [5.74, 6) is 1.49. The first-order chi connectivity index (χ1) is 11.1. The quantitative estimate of drug-likeness (QED) is 0.835. The van der Waals surface area contributed by atoms with E-state index in [-0.39, 0.29) is 0 Å². The van der Waals surface area contributed by atoms with Gasteiger partial charge in [-0.1, -0.05) is 11.6 Å². The zero-order valence-corrected chi connectivity index (χ0v) is 14.1. The van der Waals surface area contributed by atoms with Crippen molar-refractivity contribution in [3.8, 4) is 11.4 Å². The minimum absolute atomic E-state index is 0.310. The lowest BCUT2D eigenvalue weighted by Gasteiger charge is -2.25. The van der Waals surface area contributed by atoms with Gasteiger partial charge in [0.1, 0.15) is 4.21 Å². The lowest BCUT2D eigenvalue weighted by atomic mass is 9.85. The molecule has 0 radical (unpaired) electrons. The molecule has 1 saturated carbocycles. The van der Waals surface area contributed by atoms with Crippen LogP contribution >= 0.6 is 11.3 Å². The van der Waals surface area contributed by atoms with Crippen LogP contribution in [0.3, 0.4) is 0 Å². The van der Waals surface area contributed by atoms with Gasteiger partial charge in [0.15, 0.2) is 0 Å². The fourth-order valence-corrected chi connectivity index (χ4v) is 5.38. The van der Waals surface area contributed by atoms with Crippen molar-refractivity contribution < 1.29 is 17.7 Å². The largest absolute Gasteiger partial charge is 0.379 e. The van der Waals surface area contributed by atoms with Gasteiger partial charge in [-0.2, -0.15) is 9.29 Å². The highest BCUT2D eigenvalue weighted by atomic mass is 32.2. The van der Waals surface area contributed by atoms with Crippen LogP contribution in [-0.2, 0) is 14.8 Å². The fraction of sp³-hybridized carbons (Fsp3) is 0.571. The lowest BCUT2D eigenvalue weighted by molar-refractivity contribution is 0.0731. The Labute approximate surface area is 138 Å². The van der Waals surface area contributed by atoms with E-state index < -0.39 is 10.0 Å². The molecule has 0 unspecified atom stereocenters. The second-order valence-corrected chi connectivity index (χ2v) is 8.83. The number of morpholine rings is 1. The Bertz CT molecular complexity index is 789. The molecular formula is C14H17N3O4S2. The maximum atomic E-state index is 12.6. The maximum Gasteiger partial charge on any atom is 0.252 e. The first-order valence-electron chi connectivity index (χ1n) is 7.65. The molecule has 124 valence electrons. The van der Waals surface area contributed by atoms with Crippen LogP contribution in [0.1, 0.15) is 31.1 Å². The van der Waals surface area contributed by atoms with Crippen molar-refractivity contribution in [3.05, 3.63) is 17.3 Å². The summed E-state index contributed by atoms with van der Waals surface area (Å²) in [6.07, 6.45) is 3.37. The van der Waals surface area contributed by atoms with E-state index in [1.54, 1.807) is 11.4 Å². The van der Waals surface area contributed by atoms with Gasteiger partial charge in [0.2, 0.25) is 11.7 Å². The Kier molecular flexibility index (Phi) is 3.96. The number of sulfonamides is 1. The molecule has 7 nitrogen and oxygen atoms in total. The molecule has 0 amide bonds. The van der Waals surface area contributed by atoms with Crippen molar-refractivity contribution in [3.63, 3.8) is 0 Å². The number of hydrogen-bond acceptors (Lipinski definition) is 7. The summed E-state index contributed by atoms with van der Waals surface area (Å²) in [5.41, 5.74) is 0.691. The summed E-state index contributed by atoms with van der Waals surface area (Å²) in [6.45, 7) is 1.66. The van der Waals surface area contributed by atoms with Gasteiger partial charge in [0.05, 0.1) is 13.2 Å². The topological polar surface area (TPSA) is 85.5 Å². The molecule has 0 N–H and O–H groups in total. The van der Waals surface area contributed by atoms with E-state index in [0.717, 1.165) is 12.8 Å². The van der Waals surface area contributed by atoms with Gasteiger partial charge in [-0.3, -0.25) is 0 Å². The average molecular weight is 355 g/mol. The van der Waals surface area contributed by atoms with E-state index in [2.05, 4.69) is 10.1 Å². The molecule has 2 aromatic rings. The lowest BCUT2D eigenvalue weighted by Crippen LogP contribution is -2.40. The second kappa shape index (κ2) is 5.97. The standard InChI is InChI=1S/C14H17N3O4S2/c18-23(19,17-4-6-20-7-5-17)12-8-11(9-22-12)13-15-14(21-16-13)10-2-1-3-10/h8-10H,1-7H2. The molecule has 2 aliphatic rings. The van der Waals surface area contributed by atoms with E-state index >= 15 is 0 Å². The Balaban J connectivity index is 1.57. The van der Waals surface area contributed by atoms with Gasteiger partial charge < -0.3 is 9.26 Å². The molecule has 1 aliphatic carbocycles. The summed E-state index contributed by atoms with van der Waals surface area (Å²) < 4.78 is 37.5. The second-order valence-electron chi connectivity index (χ2n) is 5.75. The first kappa shape index (κ1) is 15.3. The van der Waals surface area contributed by atoms with Crippen molar-refractivity contribution in [1.82, 2.24) is 14.4 Å². The van der Waals surface area contributed by atoms with Crippen LogP contribution in [0.15, 0.2) is 20.2 Å². The Morgan fingerprint density at radius 1 is 1.26 bits per heavy atom. The van der Waals surface area contributed by atoms with Gasteiger partial charge in [0.25, 0.3) is 10.0 Å². The SMILES string of the molecule is O=S(=O)(c1cc(-c2noc(C3CCC3)n2)cs1)N1CCOCC1.